The molecule has 0 bridgehead atoms. The molecule has 4 aromatic carbocycles. The SMILES string of the molecule is C=CCCOC(=O)N(Cc1ccc(F)cc1)C1CC(=NOCc2ccc([N+](=O)[O-])cc2)C2=CC(CCCCO)C(CCCCO)C3c4cc(OCc5ccccc5F)ccc4OC1(OCC=C)C23. The molecule has 7 rings (SSSR count). The molecule has 1 saturated carbocycles. The van der Waals surface area contributed by atoms with Gasteiger partial charge in [-0.1, -0.05) is 66.6 Å². The number of nitro benzene ring substituents is 1. The quantitative estimate of drug-likeness (QED) is 0.0299. The minimum absolute atomic E-state index is 0.00842. The molecule has 1 fully saturated rings. The number of amides is 1. The Morgan fingerprint density at radius 2 is 1.66 bits per heavy atom. The van der Waals surface area contributed by atoms with Crippen molar-refractivity contribution in [2.24, 2.45) is 22.9 Å². The Balaban J connectivity index is 1.43. The third-order valence-electron chi connectivity index (χ3n) is 13.0. The van der Waals surface area contributed by atoms with Gasteiger partial charge < -0.3 is 34.0 Å². The molecule has 3 aliphatic rings. The summed E-state index contributed by atoms with van der Waals surface area (Å²) in [4.78, 5) is 33.3. The van der Waals surface area contributed by atoms with Crippen LogP contribution in [0.4, 0.5) is 19.3 Å². The number of fused-ring (bicyclic) bond motifs is 2. The van der Waals surface area contributed by atoms with Crippen LogP contribution in [-0.4, -0.2) is 70.1 Å². The number of benzene rings is 4. The van der Waals surface area contributed by atoms with Gasteiger partial charge in [0.2, 0.25) is 5.79 Å². The summed E-state index contributed by atoms with van der Waals surface area (Å²) in [7, 11) is 0. The second kappa shape index (κ2) is 23.5. The summed E-state index contributed by atoms with van der Waals surface area (Å²) in [6, 6.07) is 22.8. The maximum absolute atomic E-state index is 14.8. The molecule has 6 atom stereocenters. The molecule has 0 aromatic heterocycles. The van der Waals surface area contributed by atoms with E-state index in [0.717, 1.165) is 17.6 Å². The Labute approximate surface area is 395 Å². The van der Waals surface area contributed by atoms with Gasteiger partial charge in [-0.05, 0) is 109 Å². The Morgan fingerprint density at radius 3 is 2.37 bits per heavy atom. The number of nitrogens with zero attached hydrogens (tertiary/aromatic N) is 3. The second-order valence-corrected chi connectivity index (χ2v) is 17.3. The van der Waals surface area contributed by atoms with E-state index in [4.69, 9.17) is 28.9 Å². The zero-order valence-corrected chi connectivity index (χ0v) is 38.1. The van der Waals surface area contributed by atoms with Crippen LogP contribution in [0.5, 0.6) is 11.5 Å². The van der Waals surface area contributed by atoms with Gasteiger partial charge in [0.25, 0.3) is 5.69 Å². The zero-order chi connectivity index (χ0) is 48.0. The highest BCUT2D eigenvalue weighted by Crippen LogP contribution is 2.62. The zero-order valence-electron chi connectivity index (χ0n) is 38.1. The lowest BCUT2D eigenvalue weighted by atomic mass is 9.55. The third kappa shape index (κ3) is 11.5. The molecule has 360 valence electrons. The minimum Gasteiger partial charge on any atom is -0.489 e. The Kier molecular flexibility index (Phi) is 17.1. The van der Waals surface area contributed by atoms with Gasteiger partial charge >= 0.3 is 6.09 Å². The molecule has 2 N–H and O–H groups in total. The number of aliphatic hydroxyl groups is 2. The number of carbonyl (C=O) groups is 1. The predicted molar refractivity (Wildman–Crippen MR) is 252 cm³/mol. The summed E-state index contributed by atoms with van der Waals surface area (Å²) in [6.07, 6.45) is 9.18. The van der Waals surface area contributed by atoms with E-state index in [1.54, 1.807) is 65.6 Å². The first-order chi connectivity index (χ1) is 33.1. The molecule has 68 heavy (non-hydrogen) atoms. The topological polar surface area (TPSA) is 162 Å². The summed E-state index contributed by atoms with van der Waals surface area (Å²) in [6.45, 7) is 7.78. The monoisotopic (exact) mass is 935 g/mol. The van der Waals surface area contributed by atoms with Crippen molar-refractivity contribution in [1.29, 1.82) is 0 Å². The lowest BCUT2D eigenvalue weighted by molar-refractivity contribution is -0.384. The van der Waals surface area contributed by atoms with Crippen LogP contribution in [0.1, 0.15) is 79.5 Å². The van der Waals surface area contributed by atoms with Gasteiger partial charge in [-0.3, -0.25) is 15.0 Å². The fourth-order valence-corrected chi connectivity index (χ4v) is 9.81. The van der Waals surface area contributed by atoms with Crippen LogP contribution in [0.15, 0.2) is 133 Å². The molecule has 4 aromatic rings. The van der Waals surface area contributed by atoms with Crippen LogP contribution in [-0.2, 0) is 34.1 Å². The van der Waals surface area contributed by atoms with Gasteiger partial charge in [0.1, 0.15) is 42.4 Å². The van der Waals surface area contributed by atoms with Crippen LogP contribution >= 0.6 is 0 Å². The standard InChI is InChI=1S/C53H59F2N3O10/c1-3-5-29-64-52(61)57(33-36-16-20-40(54)21-17-36)49-32-47(56-67-34-37-18-22-41(23-19-37)58(62)63)44-30-38(12-8-10-26-59)43(14-9-11-27-60)50-45-31-42(65-35-39-13-6-7-15-46(39)55)24-25-48(45)68-53(49,51(44)50)66-28-4-2/h3-4,6-7,13,15-25,30-31,38,43,49-51,59-60H,1-2,5,8-12,14,26-29,32-35H2. The average molecular weight is 936 g/mol. The van der Waals surface area contributed by atoms with Crippen LogP contribution in [0, 0.1) is 39.5 Å². The molecular formula is C53H59F2N3O10. The van der Waals surface area contributed by atoms with Crippen LogP contribution in [0.25, 0.3) is 0 Å². The van der Waals surface area contributed by atoms with Crippen molar-refractivity contribution >= 4 is 17.5 Å². The molecule has 1 heterocycles. The summed E-state index contributed by atoms with van der Waals surface area (Å²) in [5.41, 5.74) is 3.65. The molecule has 1 amide bonds. The number of hydrogen-bond acceptors (Lipinski definition) is 11. The molecule has 1 aliphatic heterocycles. The van der Waals surface area contributed by atoms with Crippen molar-refractivity contribution in [3.05, 3.63) is 172 Å². The number of halogens is 2. The van der Waals surface area contributed by atoms with E-state index in [2.05, 4.69) is 19.2 Å². The summed E-state index contributed by atoms with van der Waals surface area (Å²) < 4.78 is 55.8. The summed E-state index contributed by atoms with van der Waals surface area (Å²) in [5.74, 6) is -2.75. The number of allylic oxidation sites excluding steroid dienone is 1. The third-order valence-corrected chi connectivity index (χ3v) is 13.0. The van der Waals surface area contributed by atoms with E-state index in [1.165, 1.54) is 30.3 Å². The molecule has 0 saturated heterocycles. The lowest BCUT2D eigenvalue weighted by Crippen LogP contribution is -2.70. The molecule has 0 radical (unpaired) electrons. The lowest BCUT2D eigenvalue weighted by Gasteiger charge is -2.59. The number of aliphatic hydroxyl groups excluding tert-OH is 2. The number of rotatable bonds is 24. The molecule has 15 heteroatoms. The normalized spacial score (nSPS) is 21.9. The van der Waals surface area contributed by atoms with Crippen molar-refractivity contribution in [2.45, 2.75) is 88.9 Å². The summed E-state index contributed by atoms with van der Waals surface area (Å²) in [5, 5.41) is 36.2. The molecule has 0 spiro atoms. The van der Waals surface area contributed by atoms with E-state index < -0.39 is 46.3 Å². The van der Waals surface area contributed by atoms with Crippen molar-refractivity contribution in [2.75, 3.05) is 26.4 Å². The fraction of sp³-hybridized carbons (Fsp3) is 0.396. The van der Waals surface area contributed by atoms with E-state index in [1.807, 2.05) is 12.1 Å². The van der Waals surface area contributed by atoms with Crippen LogP contribution < -0.4 is 9.47 Å². The highest BCUT2D eigenvalue weighted by molar-refractivity contribution is 6.03. The van der Waals surface area contributed by atoms with E-state index in [-0.39, 0.29) is 70.1 Å². The first-order valence-corrected chi connectivity index (χ1v) is 23.2. The van der Waals surface area contributed by atoms with Crippen molar-refractivity contribution < 1.29 is 52.5 Å². The van der Waals surface area contributed by atoms with Crippen molar-refractivity contribution in [3.8, 4) is 11.5 Å². The fourth-order valence-electron chi connectivity index (χ4n) is 9.81. The first-order valence-electron chi connectivity index (χ1n) is 23.2. The molecule has 13 nitrogen and oxygen atoms in total. The van der Waals surface area contributed by atoms with Crippen molar-refractivity contribution in [3.63, 3.8) is 0 Å². The largest absolute Gasteiger partial charge is 0.489 e. The first kappa shape index (κ1) is 49.5. The molecule has 6 unspecified atom stereocenters. The van der Waals surface area contributed by atoms with Gasteiger partial charge in [-0.2, -0.15) is 0 Å². The van der Waals surface area contributed by atoms with Gasteiger partial charge in [0.05, 0.1) is 29.8 Å². The second-order valence-electron chi connectivity index (χ2n) is 17.3. The van der Waals surface area contributed by atoms with Gasteiger partial charge in [0, 0.05) is 55.4 Å². The Morgan fingerprint density at radius 1 is 0.926 bits per heavy atom. The number of hydrogen-bond donors (Lipinski definition) is 2. The number of oxime groups is 1. The number of unbranched alkanes of at least 4 members (excludes halogenated alkanes) is 2. The number of non-ortho nitro benzene ring substituents is 1. The number of ether oxygens (including phenoxy) is 4. The number of nitro groups is 1. The van der Waals surface area contributed by atoms with E-state index in [0.29, 0.717) is 72.4 Å². The van der Waals surface area contributed by atoms with E-state index >= 15 is 0 Å². The summed E-state index contributed by atoms with van der Waals surface area (Å²) >= 11 is 0. The van der Waals surface area contributed by atoms with Gasteiger partial charge in [0.15, 0.2) is 0 Å². The maximum Gasteiger partial charge on any atom is 0.410 e. The average Bonchev–Trinajstić information content (AvgIpc) is 3.34. The van der Waals surface area contributed by atoms with Crippen LogP contribution in [0.2, 0.25) is 0 Å². The van der Waals surface area contributed by atoms with Crippen molar-refractivity contribution in [1.82, 2.24) is 4.90 Å². The van der Waals surface area contributed by atoms with Gasteiger partial charge in [-0.15, -0.1) is 13.2 Å². The Hall–Kier alpha value is -6.42. The smallest absolute Gasteiger partial charge is 0.410 e. The maximum atomic E-state index is 14.8. The highest BCUT2D eigenvalue weighted by Gasteiger charge is 2.65. The number of carbonyl (C=O) groups excluding carboxylic acids is 1. The minimum atomic E-state index is -1.63. The molecular weight excluding hydrogens is 877 g/mol. The van der Waals surface area contributed by atoms with Gasteiger partial charge in [-0.25, -0.2) is 13.6 Å². The van der Waals surface area contributed by atoms with E-state index in [9.17, 15) is 33.9 Å². The predicted octanol–water partition coefficient (Wildman–Crippen LogP) is 10.5. The molecule has 2 aliphatic carbocycles. The highest BCUT2D eigenvalue weighted by atomic mass is 19.1. The van der Waals surface area contributed by atoms with Crippen LogP contribution in [0.3, 0.4) is 0 Å². The Bertz CT molecular complexity index is 2430.